The molecule has 0 radical (unpaired) electrons. The molecule has 174 valence electrons. The van der Waals surface area contributed by atoms with Crippen LogP contribution in [0.1, 0.15) is 41.9 Å². The van der Waals surface area contributed by atoms with E-state index >= 15 is 0 Å². The van der Waals surface area contributed by atoms with Gasteiger partial charge in [-0.15, -0.1) is 22.9 Å². The van der Waals surface area contributed by atoms with Gasteiger partial charge in [-0.3, -0.25) is 9.59 Å². The van der Waals surface area contributed by atoms with Crippen LogP contribution in [0.15, 0.2) is 35.7 Å². The Morgan fingerprint density at radius 1 is 1.28 bits per heavy atom. The van der Waals surface area contributed by atoms with Crippen molar-refractivity contribution in [3.63, 3.8) is 0 Å². The number of amides is 2. The molecule has 2 heterocycles. The summed E-state index contributed by atoms with van der Waals surface area (Å²) in [5.41, 5.74) is 1.97. The molecule has 1 aliphatic heterocycles. The zero-order valence-electron chi connectivity index (χ0n) is 19.2. The van der Waals surface area contributed by atoms with Crippen LogP contribution < -0.4 is 10.2 Å². The summed E-state index contributed by atoms with van der Waals surface area (Å²) in [6.45, 7) is 5.33. The molecule has 1 aromatic carbocycles. The van der Waals surface area contributed by atoms with E-state index in [1.54, 1.807) is 0 Å². The summed E-state index contributed by atoms with van der Waals surface area (Å²) in [6, 6.07) is 9.54. The number of ether oxygens (including phenoxy) is 1. The lowest BCUT2D eigenvalue weighted by Crippen LogP contribution is -2.37. The van der Waals surface area contributed by atoms with Crippen LogP contribution in [-0.4, -0.2) is 55.9 Å². The van der Waals surface area contributed by atoms with E-state index in [1.807, 2.05) is 73.5 Å². The monoisotopic (exact) mass is 477 g/mol. The topological polar surface area (TPSA) is 61.9 Å². The summed E-state index contributed by atoms with van der Waals surface area (Å²) in [6.07, 6.45) is 2.03. The Kier molecular flexibility index (Phi) is 8.20. The van der Waals surface area contributed by atoms with Gasteiger partial charge in [-0.2, -0.15) is 0 Å². The predicted octanol–water partition coefficient (Wildman–Crippen LogP) is 4.84. The van der Waals surface area contributed by atoms with E-state index in [0.717, 1.165) is 30.7 Å². The zero-order valence-corrected chi connectivity index (χ0v) is 20.8. The predicted molar refractivity (Wildman–Crippen MR) is 132 cm³/mol. The highest BCUT2D eigenvalue weighted by Crippen LogP contribution is 2.28. The maximum atomic E-state index is 13.3. The van der Waals surface area contributed by atoms with Crippen molar-refractivity contribution in [3.8, 4) is 0 Å². The molecular weight excluding hydrogens is 446 g/mol. The van der Waals surface area contributed by atoms with Crippen LogP contribution in [0, 0.1) is 5.41 Å². The Hall–Kier alpha value is -2.09. The summed E-state index contributed by atoms with van der Waals surface area (Å²) in [7, 11) is 3.94. The SMILES string of the molecule is CN(C)c1ccc(NC(=O)C(C)(C)CCl)cc1CN(C[C@@H]1CCCO1)C(=O)c1cccs1. The van der Waals surface area contributed by atoms with Gasteiger partial charge in [0.15, 0.2) is 0 Å². The van der Waals surface area contributed by atoms with Crippen molar-refractivity contribution in [1.29, 1.82) is 0 Å². The summed E-state index contributed by atoms with van der Waals surface area (Å²) < 4.78 is 5.82. The molecule has 0 aliphatic carbocycles. The van der Waals surface area contributed by atoms with Crippen LogP contribution in [0.5, 0.6) is 0 Å². The average molecular weight is 478 g/mol. The second kappa shape index (κ2) is 10.7. The molecular formula is C24H32ClN3O3S. The number of thiophene rings is 1. The third-order valence-electron chi connectivity index (χ3n) is 5.60. The number of hydrogen-bond acceptors (Lipinski definition) is 5. The fourth-order valence-corrected chi connectivity index (χ4v) is 4.41. The van der Waals surface area contributed by atoms with Gasteiger partial charge < -0.3 is 19.9 Å². The molecule has 8 heteroatoms. The van der Waals surface area contributed by atoms with Crippen molar-refractivity contribution in [2.45, 2.75) is 39.3 Å². The number of carbonyl (C=O) groups excluding carboxylic acids is 2. The van der Waals surface area contributed by atoms with Crippen LogP contribution in [-0.2, 0) is 16.1 Å². The highest BCUT2D eigenvalue weighted by Gasteiger charge is 2.28. The number of carbonyl (C=O) groups is 2. The molecule has 3 rings (SSSR count). The Morgan fingerprint density at radius 2 is 2.06 bits per heavy atom. The number of anilines is 2. The fraction of sp³-hybridized carbons (Fsp3) is 0.500. The number of halogens is 1. The first-order chi connectivity index (χ1) is 15.2. The molecule has 0 unspecified atom stereocenters. The van der Waals surface area contributed by atoms with Gasteiger partial charge in [-0.05, 0) is 61.9 Å². The van der Waals surface area contributed by atoms with E-state index in [9.17, 15) is 9.59 Å². The molecule has 1 fully saturated rings. The van der Waals surface area contributed by atoms with E-state index in [0.29, 0.717) is 23.7 Å². The van der Waals surface area contributed by atoms with Crippen LogP contribution in [0.25, 0.3) is 0 Å². The van der Waals surface area contributed by atoms with E-state index in [1.165, 1.54) is 11.3 Å². The van der Waals surface area contributed by atoms with E-state index in [4.69, 9.17) is 16.3 Å². The molecule has 0 bridgehead atoms. The van der Waals surface area contributed by atoms with Gasteiger partial charge in [0.05, 0.1) is 16.4 Å². The quantitative estimate of drug-likeness (QED) is 0.525. The van der Waals surface area contributed by atoms with Gasteiger partial charge in [-0.25, -0.2) is 0 Å². The highest BCUT2D eigenvalue weighted by molar-refractivity contribution is 7.12. The van der Waals surface area contributed by atoms with Crippen molar-refractivity contribution in [1.82, 2.24) is 4.90 Å². The van der Waals surface area contributed by atoms with E-state index in [2.05, 4.69) is 5.32 Å². The van der Waals surface area contributed by atoms with Crippen molar-refractivity contribution >= 4 is 46.1 Å². The van der Waals surface area contributed by atoms with Gasteiger partial charge in [0, 0.05) is 51.0 Å². The van der Waals surface area contributed by atoms with Gasteiger partial charge in [-0.1, -0.05) is 6.07 Å². The van der Waals surface area contributed by atoms with Gasteiger partial charge >= 0.3 is 0 Å². The number of nitrogens with one attached hydrogen (secondary N) is 1. The molecule has 0 spiro atoms. The Balaban J connectivity index is 1.88. The van der Waals surface area contributed by atoms with Crippen LogP contribution >= 0.6 is 22.9 Å². The summed E-state index contributed by atoms with van der Waals surface area (Å²) in [5, 5.41) is 4.89. The standard InChI is InChI=1S/C24H32ClN3O3S/c1-24(2,16-25)23(30)26-18-9-10-20(27(3)4)17(13-18)14-28(15-19-7-5-11-31-19)22(29)21-8-6-12-32-21/h6,8-10,12-13,19H,5,7,11,14-16H2,1-4H3,(H,26,30)/t19-/m0/s1. The first-order valence-electron chi connectivity index (χ1n) is 10.8. The summed E-state index contributed by atoms with van der Waals surface area (Å²) in [4.78, 5) is 30.5. The number of hydrogen-bond donors (Lipinski definition) is 1. The minimum absolute atomic E-state index is 0.00193. The first kappa shape index (κ1) is 24.6. The highest BCUT2D eigenvalue weighted by atomic mass is 35.5. The molecule has 2 aromatic rings. The maximum absolute atomic E-state index is 13.3. The normalized spacial score (nSPS) is 16.1. The smallest absolute Gasteiger partial charge is 0.264 e. The molecule has 1 atom stereocenters. The van der Waals surface area contributed by atoms with Crippen molar-refractivity contribution in [2.24, 2.45) is 5.41 Å². The van der Waals surface area contributed by atoms with Crippen LogP contribution in [0.2, 0.25) is 0 Å². The molecule has 6 nitrogen and oxygen atoms in total. The first-order valence-corrected chi connectivity index (χ1v) is 12.2. The largest absolute Gasteiger partial charge is 0.377 e. The van der Waals surface area contributed by atoms with Gasteiger partial charge in [0.1, 0.15) is 0 Å². The molecule has 0 saturated carbocycles. The number of benzene rings is 1. The molecule has 2 amide bonds. The second-order valence-electron chi connectivity index (χ2n) is 9.01. The Bertz CT molecular complexity index is 925. The third kappa shape index (κ3) is 6.03. The molecule has 1 aromatic heterocycles. The van der Waals surface area contributed by atoms with Gasteiger partial charge in [0.25, 0.3) is 5.91 Å². The van der Waals surface area contributed by atoms with Crippen LogP contribution in [0.3, 0.4) is 0 Å². The molecule has 32 heavy (non-hydrogen) atoms. The van der Waals surface area contributed by atoms with Crippen LogP contribution in [0.4, 0.5) is 11.4 Å². The maximum Gasteiger partial charge on any atom is 0.264 e. The average Bonchev–Trinajstić information content (AvgIpc) is 3.47. The third-order valence-corrected chi connectivity index (χ3v) is 7.12. The van der Waals surface area contributed by atoms with E-state index < -0.39 is 5.41 Å². The van der Waals surface area contributed by atoms with Gasteiger partial charge in [0.2, 0.25) is 5.91 Å². The lowest BCUT2D eigenvalue weighted by molar-refractivity contribution is -0.122. The lowest BCUT2D eigenvalue weighted by Gasteiger charge is -2.28. The number of nitrogens with zero attached hydrogens (tertiary/aromatic N) is 2. The summed E-state index contributed by atoms with van der Waals surface area (Å²) in [5.74, 6) is 0.0891. The summed E-state index contributed by atoms with van der Waals surface area (Å²) >= 11 is 7.41. The van der Waals surface area contributed by atoms with Crippen molar-refractivity contribution in [2.75, 3.05) is 43.3 Å². The fourth-order valence-electron chi connectivity index (χ4n) is 3.60. The van der Waals surface area contributed by atoms with Crippen molar-refractivity contribution < 1.29 is 14.3 Å². The Morgan fingerprint density at radius 3 is 2.66 bits per heavy atom. The number of alkyl halides is 1. The molecule has 1 saturated heterocycles. The zero-order chi connectivity index (χ0) is 23.3. The molecule has 1 aliphatic rings. The minimum atomic E-state index is -0.678. The lowest BCUT2D eigenvalue weighted by atomic mass is 9.95. The Labute approximate surface area is 199 Å². The number of rotatable bonds is 9. The van der Waals surface area contributed by atoms with Crippen molar-refractivity contribution in [3.05, 3.63) is 46.2 Å². The minimum Gasteiger partial charge on any atom is -0.377 e. The second-order valence-corrected chi connectivity index (χ2v) is 10.2. The van der Waals surface area contributed by atoms with E-state index in [-0.39, 0.29) is 23.8 Å². The molecule has 1 N–H and O–H groups in total.